The van der Waals surface area contributed by atoms with Gasteiger partial charge in [0.1, 0.15) is 11.9 Å². The van der Waals surface area contributed by atoms with Gasteiger partial charge in [-0.3, -0.25) is 4.79 Å². The predicted molar refractivity (Wildman–Crippen MR) is 74.9 cm³/mol. The van der Waals surface area contributed by atoms with Gasteiger partial charge in [0.15, 0.2) is 0 Å². The molecule has 0 spiro atoms. The van der Waals surface area contributed by atoms with Crippen molar-refractivity contribution in [1.29, 1.82) is 0 Å². The molecule has 0 radical (unpaired) electrons. The highest BCUT2D eigenvalue weighted by Gasteiger charge is 2.33. The molecule has 1 saturated heterocycles. The molecule has 108 valence electrons. The van der Waals surface area contributed by atoms with Gasteiger partial charge in [0.2, 0.25) is 5.91 Å². The molecule has 0 saturated carbocycles. The smallest absolute Gasteiger partial charge is 0.220 e. The van der Waals surface area contributed by atoms with Gasteiger partial charge in [-0.15, -0.1) is 0 Å². The molecule has 1 N–H and O–H groups in total. The topological polar surface area (TPSA) is 56.1 Å². The number of hydrogen-bond acceptors (Lipinski definition) is 3. The number of imidazole rings is 1. The Kier molecular flexibility index (Phi) is 3.87. The summed E-state index contributed by atoms with van der Waals surface area (Å²) in [5.41, 5.74) is 0. The van der Waals surface area contributed by atoms with E-state index in [9.17, 15) is 4.79 Å². The average molecular weight is 275 g/mol. The molecule has 3 atom stereocenters. The second-order valence-electron chi connectivity index (χ2n) is 5.62. The monoisotopic (exact) mass is 275 g/mol. The number of aromatic nitrogens is 2. The first kappa shape index (κ1) is 13.4. The van der Waals surface area contributed by atoms with Crippen LogP contribution >= 0.6 is 0 Å². The molecule has 1 aromatic rings. The standard InChI is InChI=1S/C15H21N3O2/c1-18-8-7-16-15(18)14-12(6-9-20-14)17-13(19)10-11-4-2-3-5-11/h2,4,7-8,11-12,14H,3,5-6,9-10H2,1H3,(H,17,19)/t11?,12-,14-/m0/s1. The van der Waals surface area contributed by atoms with E-state index in [1.54, 1.807) is 6.20 Å². The minimum Gasteiger partial charge on any atom is -0.368 e. The molecule has 1 unspecified atom stereocenters. The SMILES string of the molecule is Cn1ccnc1[C@H]1OCC[C@@H]1NC(=O)CC1C=CCC1. The maximum atomic E-state index is 12.1. The summed E-state index contributed by atoms with van der Waals surface area (Å²) in [5, 5.41) is 3.12. The van der Waals surface area contributed by atoms with E-state index in [1.807, 2.05) is 17.8 Å². The number of nitrogens with one attached hydrogen (secondary N) is 1. The van der Waals surface area contributed by atoms with Gasteiger partial charge in [-0.2, -0.15) is 0 Å². The van der Waals surface area contributed by atoms with Gasteiger partial charge < -0.3 is 14.6 Å². The van der Waals surface area contributed by atoms with E-state index >= 15 is 0 Å². The number of allylic oxidation sites excluding steroid dienone is 2. The average Bonchev–Trinajstić information content (AvgIpc) is 3.11. The third-order valence-electron chi connectivity index (χ3n) is 4.11. The maximum Gasteiger partial charge on any atom is 0.220 e. The largest absolute Gasteiger partial charge is 0.368 e. The molecule has 3 rings (SSSR count). The van der Waals surface area contributed by atoms with Crippen LogP contribution in [-0.4, -0.2) is 28.1 Å². The fraction of sp³-hybridized carbons (Fsp3) is 0.600. The van der Waals surface area contributed by atoms with Crippen LogP contribution in [0.4, 0.5) is 0 Å². The highest BCUT2D eigenvalue weighted by molar-refractivity contribution is 5.76. The Bertz CT molecular complexity index is 509. The molecule has 5 nitrogen and oxygen atoms in total. The van der Waals surface area contributed by atoms with Crippen LogP contribution in [0.3, 0.4) is 0 Å². The fourth-order valence-corrected chi connectivity index (χ4v) is 3.01. The first-order chi connectivity index (χ1) is 9.74. The zero-order valence-electron chi connectivity index (χ0n) is 11.8. The third kappa shape index (κ3) is 2.77. The Morgan fingerprint density at radius 2 is 2.45 bits per heavy atom. The van der Waals surface area contributed by atoms with Crippen LogP contribution in [0.1, 0.15) is 37.6 Å². The molecule has 1 aromatic heterocycles. The summed E-state index contributed by atoms with van der Waals surface area (Å²) in [7, 11) is 1.95. The number of aryl methyl sites for hydroxylation is 1. The Morgan fingerprint density at radius 1 is 1.55 bits per heavy atom. The van der Waals surface area contributed by atoms with Gasteiger partial charge in [0, 0.05) is 32.5 Å². The minimum atomic E-state index is -0.127. The highest BCUT2D eigenvalue weighted by Crippen LogP contribution is 2.28. The van der Waals surface area contributed by atoms with Crippen molar-refractivity contribution in [2.45, 2.75) is 37.8 Å². The van der Waals surface area contributed by atoms with Crippen LogP contribution in [0.25, 0.3) is 0 Å². The van der Waals surface area contributed by atoms with Crippen molar-refractivity contribution in [3.8, 4) is 0 Å². The summed E-state index contributed by atoms with van der Waals surface area (Å²) in [6.07, 6.45) is 11.5. The van der Waals surface area contributed by atoms with Crippen LogP contribution < -0.4 is 5.32 Å². The summed E-state index contributed by atoms with van der Waals surface area (Å²) < 4.78 is 7.70. The Hall–Kier alpha value is -1.62. The van der Waals surface area contributed by atoms with E-state index in [-0.39, 0.29) is 18.1 Å². The van der Waals surface area contributed by atoms with Crippen LogP contribution in [0.5, 0.6) is 0 Å². The zero-order valence-corrected chi connectivity index (χ0v) is 11.8. The molecule has 2 aliphatic rings. The van der Waals surface area contributed by atoms with E-state index < -0.39 is 0 Å². The van der Waals surface area contributed by atoms with Gasteiger partial charge in [-0.05, 0) is 25.2 Å². The second kappa shape index (κ2) is 5.79. The lowest BCUT2D eigenvalue weighted by molar-refractivity contribution is -0.122. The van der Waals surface area contributed by atoms with Gasteiger partial charge in [0.05, 0.1) is 6.04 Å². The van der Waals surface area contributed by atoms with Crippen LogP contribution in [-0.2, 0) is 16.6 Å². The minimum absolute atomic E-state index is 0.0361. The normalized spacial score (nSPS) is 28.9. The van der Waals surface area contributed by atoms with Crippen molar-refractivity contribution < 1.29 is 9.53 Å². The van der Waals surface area contributed by atoms with Crippen LogP contribution in [0.2, 0.25) is 0 Å². The Labute approximate surface area is 119 Å². The van der Waals surface area contributed by atoms with Crippen LogP contribution in [0, 0.1) is 5.92 Å². The molecule has 2 heterocycles. The molecule has 0 aromatic carbocycles. The van der Waals surface area contributed by atoms with Gasteiger partial charge in [-0.25, -0.2) is 4.98 Å². The number of hydrogen-bond donors (Lipinski definition) is 1. The summed E-state index contributed by atoms with van der Waals surface area (Å²) in [5.74, 6) is 1.41. The van der Waals surface area contributed by atoms with Crippen molar-refractivity contribution in [1.82, 2.24) is 14.9 Å². The van der Waals surface area contributed by atoms with Crippen LogP contribution in [0.15, 0.2) is 24.5 Å². The maximum absolute atomic E-state index is 12.1. The summed E-state index contributed by atoms with van der Waals surface area (Å²) in [6, 6.07) is 0.0361. The molecule has 1 amide bonds. The lowest BCUT2D eigenvalue weighted by Gasteiger charge is -2.20. The molecular weight excluding hydrogens is 254 g/mol. The van der Waals surface area contributed by atoms with Crippen molar-refractivity contribution in [2.24, 2.45) is 13.0 Å². The lowest BCUT2D eigenvalue weighted by Crippen LogP contribution is -2.38. The van der Waals surface area contributed by atoms with Crippen molar-refractivity contribution in [3.05, 3.63) is 30.4 Å². The van der Waals surface area contributed by atoms with Crippen molar-refractivity contribution in [2.75, 3.05) is 6.61 Å². The van der Waals surface area contributed by atoms with Gasteiger partial charge in [0.25, 0.3) is 0 Å². The molecule has 5 heteroatoms. The molecule has 1 aliphatic heterocycles. The third-order valence-corrected chi connectivity index (χ3v) is 4.11. The first-order valence-corrected chi connectivity index (χ1v) is 7.29. The summed E-state index contributed by atoms with van der Waals surface area (Å²) in [6.45, 7) is 0.672. The Balaban J connectivity index is 1.60. The molecule has 0 bridgehead atoms. The van der Waals surface area contributed by atoms with E-state index in [0.29, 0.717) is 18.9 Å². The number of amides is 1. The molecular formula is C15H21N3O2. The number of carbonyl (C=O) groups excluding carboxylic acids is 1. The number of ether oxygens (including phenoxy) is 1. The van der Waals surface area contributed by atoms with Crippen molar-refractivity contribution >= 4 is 5.91 Å². The van der Waals surface area contributed by atoms with Gasteiger partial charge in [-0.1, -0.05) is 12.2 Å². The Morgan fingerprint density at radius 3 is 3.15 bits per heavy atom. The van der Waals surface area contributed by atoms with E-state index in [2.05, 4.69) is 22.5 Å². The highest BCUT2D eigenvalue weighted by atomic mass is 16.5. The number of nitrogens with zero attached hydrogens (tertiary/aromatic N) is 2. The number of carbonyl (C=O) groups is 1. The quantitative estimate of drug-likeness (QED) is 0.851. The van der Waals surface area contributed by atoms with E-state index in [0.717, 1.165) is 25.1 Å². The predicted octanol–water partition coefficient (Wildman–Crippen LogP) is 1.72. The molecule has 20 heavy (non-hydrogen) atoms. The first-order valence-electron chi connectivity index (χ1n) is 7.29. The fourth-order valence-electron chi connectivity index (χ4n) is 3.01. The summed E-state index contributed by atoms with van der Waals surface area (Å²) >= 11 is 0. The summed E-state index contributed by atoms with van der Waals surface area (Å²) in [4.78, 5) is 16.5. The number of rotatable bonds is 4. The molecule has 1 fully saturated rings. The molecule has 1 aliphatic carbocycles. The second-order valence-corrected chi connectivity index (χ2v) is 5.62. The van der Waals surface area contributed by atoms with E-state index in [1.165, 1.54) is 0 Å². The lowest BCUT2D eigenvalue weighted by atomic mass is 10.0. The van der Waals surface area contributed by atoms with Gasteiger partial charge >= 0.3 is 0 Å². The zero-order chi connectivity index (χ0) is 13.9. The van der Waals surface area contributed by atoms with Crippen molar-refractivity contribution in [3.63, 3.8) is 0 Å². The van der Waals surface area contributed by atoms with E-state index in [4.69, 9.17) is 4.74 Å².